The molecule has 1 aromatic rings. The van der Waals surface area contributed by atoms with E-state index < -0.39 is 5.67 Å². The predicted molar refractivity (Wildman–Crippen MR) is 74.0 cm³/mol. The van der Waals surface area contributed by atoms with E-state index in [1.807, 2.05) is 30.3 Å². The topological polar surface area (TPSA) is 26.0 Å². The number of benzene rings is 1. The smallest absolute Gasteiger partial charge is 0.150 e. The minimum absolute atomic E-state index is 0.0589. The second-order valence-electron chi connectivity index (χ2n) is 6.05. The molecule has 1 saturated carbocycles. The fourth-order valence-electron chi connectivity index (χ4n) is 3.56. The summed E-state index contributed by atoms with van der Waals surface area (Å²) in [6, 6.07) is 9.46. The predicted octanol–water partition coefficient (Wildman–Crippen LogP) is 3.88. The van der Waals surface area contributed by atoms with Crippen molar-refractivity contribution >= 4 is 0 Å². The molecule has 0 spiro atoms. The van der Waals surface area contributed by atoms with Crippen molar-refractivity contribution < 1.29 is 4.39 Å². The molecule has 1 aliphatic carbocycles. The molecule has 2 rings (SSSR count). The zero-order chi connectivity index (χ0) is 13.2. The normalized spacial score (nSPS) is 31.9. The molecule has 1 aromatic carbocycles. The van der Waals surface area contributed by atoms with Crippen molar-refractivity contribution in [3.8, 4) is 0 Å². The molecule has 3 atom stereocenters. The maximum Gasteiger partial charge on any atom is 0.150 e. The fourth-order valence-corrected chi connectivity index (χ4v) is 3.56. The van der Waals surface area contributed by atoms with Gasteiger partial charge in [0, 0.05) is 6.54 Å². The lowest BCUT2D eigenvalue weighted by Gasteiger charge is -2.40. The second kappa shape index (κ2) is 5.40. The standard InChI is InChI=1S/C16H24FN/c1-12-8-13(2)10-15(9-12)16(17,11-18)14-6-4-3-5-7-14/h3-7,12-13,15H,8-11,18H2,1-2H3. The molecule has 100 valence electrons. The molecule has 1 aliphatic rings. The van der Waals surface area contributed by atoms with Gasteiger partial charge in [-0.25, -0.2) is 4.39 Å². The summed E-state index contributed by atoms with van der Waals surface area (Å²) >= 11 is 0. The Morgan fingerprint density at radius 3 is 2.17 bits per heavy atom. The van der Waals surface area contributed by atoms with Gasteiger partial charge in [-0.05, 0) is 42.6 Å². The summed E-state index contributed by atoms with van der Waals surface area (Å²) < 4.78 is 15.4. The summed E-state index contributed by atoms with van der Waals surface area (Å²) in [5.41, 5.74) is 5.18. The first-order chi connectivity index (χ1) is 8.56. The van der Waals surface area contributed by atoms with Gasteiger partial charge in [0.15, 0.2) is 5.67 Å². The van der Waals surface area contributed by atoms with E-state index >= 15 is 4.39 Å². The number of alkyl halides is 1. The molecule has 0 heterocycles. The lowest BCUT2D eigenvalue weighted by atomic mass is 9.68. The van der Waals surface area contributed by atoms with Gasteiger partial charge in [0.25, 0.3) is 0 Å². The van der Waals surface area contributed by atoms with E-state index in [1.165, 1.54) is 6.42 Å². The average molecular weight is 249 g/mol. The van der Waals surface area contributed by atoms with E-state index in [2.05, 4.69) is 13.8 Å². The number of hydrogen-bond donors (Lipinski definition) is 1. The molecule has 1 nitrogen and oxygen atoms in total. The van der Waals surface area contributed by atoms with Gasteiger partial charge in [-0.15, -0.1) is 0 Å². The van der Waals surface area contributed by atoms with Crippen molar-refractivity contribution in [1.29, 1.82) is 0 Å². The van der Waals surface area contributed by atoms with Crippen molar-refractivity contribution in [1.82, 2.24) is 0 Å². The van der Waals surface area contributed by atoms with Crippen LogP contribution >= 0.6 is 0 Å². The van der Waals surface area contributed by atoms with Crippen LogP contribution in [0.25, 0.3) is 0 Å². The summed E-state index contributed by atoms with van der Waals surface area (Å²) in [6.45, 7) is 4.54. The monoisotopic (exact) mass is 249 g/mol. The van der Waals surface area contributed by atoms with Gasteiger partial charge >= 0.3 is 0 Å². The van der Waals surface area contributed by atoms with Gasteiger partial charge in [0.1, 0.15) is 0 Å². The molecule has 18 heavy (non-hydrogen) atoms. The number of nitrogens with two attached hydrogens (primary N) is 1. The van der Waals surface area contributed by atoms with Gasteiger partial charge in [-0.3, -0.25) is 0 Å². The van der Waals surface area contributed by atoms with E-state index in [1.54, 1.807) is 0 Å². The van der Waals surface area contributed by atoms with Gasteiger partial charge in [-0.1, -0.05) is 44.2 Å². The lowest BCUT2D eigenvalue weighted by Crippen LogP contribution is -2.41. The highest BCUT2D eigenvalue weighted by molar-refractivity contribution is 5.24. The molecule has 0 bridgehead atoms. The van der Waals surface area contributed by atoms with Crippen molar-refractivity contribution in [3.63, 3.8) is 0 Å². The molecule has 0 radical (unpaired) electrons. The molecule has 0 saturated heterocycles. The van der Waals surface area contributed by atoms with Gasteiger partial charge in [0.05, 0.1) is 0 Å². The molecule has 2 N–H and O–H groups in total. The average Bonchev–Trinajstić information content (AvgIpc) is 2.37. The molecule has 1 fully saturated rings. The molecule has 2 heteroatoms. The maximum absolute atomic E-state index is 15.4. The highest BCUT2D eigenvalue weighted by atomic mass is 19.1. The van der Waals surface area contributed by atoms with E-state index in [-0.39, 0.29) is 12.5 Å². The van der Waals surface area contributed by atoms with E-state index in [0.29, 0.717) is 11.8 Å². The third-order valence-electron chi connectivity index (χ3n) is 4.38. The van der Waals surface area contributed by atoms with Crippen LogP contribution in [0, 0.1) is 17.8 Å². The first-order valence-corrected chi connectivity index (χ1v) is 7.00. The third kappa shape index (κ3) is 2.59. The van der Waals surface area contributed by atoms with Crippen LogP contribution in [0.5, 0.6) is 0 Å². The van der Waals surface area contributed by atoms with Crippen molar-refractivity contribution in [2.24, 2.45) is 23.5 Å². The third-order valence-corrected chi connectivity index (χ3v) is 4.38. The summed E-state index contributed by atoms with van der Waals surface area (Å²) in [7, 11) is 0. The van der Waals surface area contributed by atoms with Crippen LogP contribution in [0.15, 0.2) is 30.3 Å². The lowest BCUT2D eigenvalue weighted by molar-refractivity contribution is 0.0317. The van der Waals surface area contributed by atoms with Crippen molar-refractivity contribution in [3.05, 3.63) is 35.9 Å². The van der Waals surface area contributed by atoms with Gasteiger partial charge in [-0.2, -0.15) is 0 Å². The van der Waals surface area contributed by atoms with E-state index in [4.69, 9.17) is 5.73 Å². The minimum atomic E-state index is -1.36. The Balaban J connectivity index is 2.26. The second-order valence-corrected chi connectivity index (χ2v) is 6.05. The van der Waals surface area contributed by atoms with Crippen LogP contribution in [0.4, 0.5) is 4.39 Å². The largest absolute Gasteiger partial charge is 0.327 e. The summed E-state index contributed by atoms with van der Waals surface area (Å²) in [5, 5.41) is 0. The summed E-state index contributed by atoms with van der Waals surface area (Å²) in [4.78, 5) is 0. The first kappa shape index (κ1) is 13.5. The first-order valence-electron chi connectivity index (χ1n) is 7.00. The molecule has 0 amide bonds. The van der Waals surface area contributed by atoms with Crippen LogP contribution < -0.4 is 5.73 Å². The van der Waals surface area contributed by atoms with Crippen molar-refractivity contribution in [2.75, 3.05) is 6.54 Å². The molecule has 0 aromatic heterocycles. The Bertz CT molecular complexity index is 368. The molecule has 3 unspecified atom stereocenters. The van der Waals surface area contributed by atoms with Crippen LogP contribution in [0.1, 0.15) is 38.7 Å². The summed E-state index contributed by atoms with van der Waals surface area (Å²) in [6.07, 6.45) is 3.12. The van der Waals surface area contributed by atoms with E-state index in [0.717, 1.165) is 18.4 Å². The SMILES string of the molecule is CC1CC(C)CC(C(F)(CN)c2ccccc2)C1. The van der Waals surface area contributed by atoms with Crippen LogP contribution in [0.2, 0.25) is 0 Å². The van der Waals surface area contributed by atoms with Gasteiger partial charge in [0.2, 0.25) is 0 Å². The molecular weight excluding hydrogens is 225 g/mol. The number of hydrogen-bond acceptors (Lipinski definition) is 1. The molecule has 0 aliphatic heterocycles. The van der Waals surface area contributed by atoms with Crippen LogP contribution in [-0.2, 0) is 5.67 Å². The number of halogens is 1. The fraction of sp³-hybridized carbons (Fsp3) is 0.625. The van der Waals surface area contributed by atoms with E-state index in [9.17, 15) is 0 Å². The van der Waals surface area contributed by atoms with Crippen molar-refractivity contribution in [2.45, 2.75) is 38.8 Å². The Hall–Kier alpha value is -0.890. The Morgan fingerprint density at radius 2 is 1.67 bits per heavy atom. The highest BCUT2D eigenvalue weighted by Crippen LogP contribution is 2.45. The maximum atomic E-state index is 15.4. The highest BCUT2D eigenvalue weighted by Gasteiger charge is 2.42. The minimum Gasteiger partial charge on any atom is -0.327 e. The van der Waals surface area contributed by atoms with Gasteiger partial charge < -0.3 is 5.73 Å². The Labute approximate surface area is 110 Å². The van der Waals surface area contributed by atoms with Crippen LogP contribution in [-0.4, -0.2) is 6.54 Å². The quantitative estimate of drug-likeness (QED) is 0.864. The molecular formula is C16H24FN. The Morgan fingerprint density at radius 1 is 1.11 bits per heavy atom. The number of rotatable bonds is 3. The Kier molecular flexibility index (Phi) is 4.06. The van der Waals surface area contributed by atoms with Crippen LogP contribution in [0.3, 0.4) is 0 Å². The zero-order valence-electron chi connectivity index (χ0n) is 11.4. The summed E-state index contributed by atoms with van der Waals surface area (Å²) in [5.74, 6) is 1.26. The zero-order valence-corrected chi connectivity index (χ0v) is 11.4.